The Hall–Kier alpha value is -2.40. The second kappa shape index (κ2) is 6.24. The van der Waals surface area contributed by atoms with Crippen LogP contribution >= 0.6 is 11.6 Å². The van der Waals surface area contributed by atoms with Crippen LogP contribution in [0.3, 0.4) is 0 Å². The summed E-state index contributed by atoms with van der Waals surface area (Å²) in [6.07, 6.45) is 1.05. The molecule has 24 heavy (non-hydrogen) atoms. The molecule has 1 aromatic heterocycles. The van der Waals surface area contributed by atoms with E-state index in [0.29, 0.717) is 34.8 Å². The number of benzene rings is 1. The van der Waals surface area contributed by atoms with E-state index in [-0.39, 0.29) is 17.3 Å². The average Bonchev–Trinajstić information content (AvgIpc) is 2.50. The van der Waals surface area contributed by atoms with E-state index in [1.807, 2.05) is 13.8 Å². The number of pyridine rings is 1. The van der Waals surface area contributed by atoms with Crippen LogP contribution in [0.15, 0.2) is 29.1 Å². The molecule has 0 bridgehead atoms. The number of Topliss-reactive ketones (excluding diaryl/α,β-unsaturated/α-hetero) is 1. The third kappa shape index (κ3) is 3.12. The first-order valence-corrected chi connectivity index (χ1v) is 8.10. The van der Waals surface area contributed by atoms with Crippen LogP contribution < -0.4 is 10.9 Å². The van der Waals surface area contributed by atoms with Crippen LogP contribution in [0.4, 0.5) is 5.69 Å². The van der Waals surface area contributed by atoms with Crippen LogP contribution in [0, 0.1) is 12.8 Å². The van der Waals surface area contributed by atoms with E-state index in [9.17, 15) is 14.4 Å². The lowest BCUT2D eigenvalue weighted by atomic mass is 9.86. The Morgan fingerprint density at radius 2 is 2.00 bits per heavy atom. The van der Waals surface area contributed by atoms with Gasteiger partial charge in [0.2, 0.25) is 0 Å². The summed E-state index contributed by atoms with van der Waals surface area (Å²) >= 11 is 5.94. The molecule has 0 saturated carbocycles. The number of rotatable bonds is 2. The molecular formula is C18H17ClN2O3. The Morgan fingerprint density at radius 1 is 1.25 bits per heavy atom. The number of halogens is 1. The average molecular weight is 345 g/mol. The van der Waals surface area contributed by atoms with E-state index in [2.05, 4.69) is 10.3 Å². The summed E-state index contributed by atoms with van der Waals surface area (Å²) in [5.41, 5.74) is 1.83. The van der Waals surface area contributed by atoms with Crippen LogP contribution in [-0.2, 0) is 6.42 Å². The van der Waals surface area contributed by atoms with Crippen molar-refractivity contribution in [1.29, 1.82) is 0 Å². The lowest BCUT2D eigenvalue weighted by Crippen LogP contribution is -2.29. The number of aromatic nitrogens is 1. The molecule has 2 aromatic rings. The molecule has 1 atom stereocenters. The summed E-state index contributed by atoms with van der Waals surface area (Å²) in [5, 5.41) is 3.17. The topological polar surface area (TPSA) is 79.0 Å². The third-order valence-electron chi connectivity index (χ3n) is 4.20. The zero-order valence-electron chi connectivity index (χ0n) is 13.4. The molecule has 3 rings (SSSR count). The molecule has 0 saturated heterocycles. The van der Waals surface area contributed by atoms with Crippen LogP contribution in [0.1, 0.15) is 45.3 Å². The van der Waals surface area contributed by atoms with Gasteiger partial charge in [0.15, 0.2) is 5.78 Å². The van der Waals surface area contributed by atoms with Crippen molar-refractivity contribution >= 4 is 29.0 Å². The number of aromatic amines is 1. The minimum Gasteiger partial charge on any atom is -0.325 e. The predicted molar refractivity (Wildman–Crippen MR) is 93.0 cm³/mol. The molecule has 5 nitrogen and oxygen atoms in total. The van der Waals surface area contributed by atoms with Gasteiger partial charge in [0.25, 0.3) is 11.5 Å². The molecular weight excluding hydrogens is 328 g/mol. The Labute approximate surface area is 144 Å². The highest BCUT2D eigenvalue weighted by atomic mass is 35.5. The fraction of sp³-hybridized carbons (Fsp3) is 0.278. The predicted octanol–water partition coefficient (Wildman–Crippen LogP) is 3.35. The lowest BCUT2D eigenvalue weighted by Gasteiger charge is -2.20. The highest BCUT2D eigenvalue weighted by molar-refractivity contribution is 6.31. The Balaban J connectivity index is 1.96. The van der Waals surface area contributed by atoms with Crippen LogP contribution in [0.5, 0.6) is 0 Å². The summed E-state index contributed by atoms with van der Waals surface area (Å²) in [6, 6.07) is 6.52. The molecule has 1 heterocycles. The minimum absolute atomic E-state index is 0.0482. The van der Waals surface area contributed by atoms with Gasteiger partial charge in [0.1, 0.15) is 5.56 Å². The van der Waals surface area contributed by atoms with Crippen molar-refractivity contribution in [2.24, 2.45) is 5.92 Å². The second-order valence-corrected chi connectivity index (χ2v) is 6.69. The molecule has 0 aliphatic heterocycles. The van der Waals surface area contributed by atoms with Gasteiger partial charge in [-0.3, -0.25) is 14.4 Å². The first-order chi connectivity index (χ1) is 11.3. The number of amides is 1. The largest absolute Gasteiger partial charge is 0.325 e. The first-order valence-electron chi connectivity index (χ1n) is 7.72. The van der Waals surface area contributed by atoms with Crippen molar-refractivity contribution in [2.75, 3.05) is 5.32 Å². The van der Waals surface area contributed by atoms with Gasteiger partial charge in [-0.2, -0.15) is 0 Å². The molecule has 0 radical (unpaired) electrons. The monoisotopic (exact) mass is 344 g/mol. The van der Waals surface area contributed by atoms with E-state index >= 15 is 0 Å². The lowest BCUT2D eigenvalue weighted by molar-refractivity contribution is 0.0952. The zero-order valence-corrected chi connectivity index (χ0v) is 14.2. The molecule has 0 fully saturated rings. The van der Waals surface area contributed by atoms with Crippen molar-refractivity contribution in [3.8, 4) is 0 Å². The van der Waals surface area contributed by atoms with Crippen molar-refractivity contribution in [1.82, 2.24) is 4.98 Å². The fourth-order valence-corrected chi connectivity index (χ4v) is 3.08. The number of anilines is 1. The van der Waals surface area contributed by atoms with E-state index in [1.165, 1.54) is 6.07 Å². The number of hydrogen-bond donors (Lipinski definition) is 2. The van der Waals surface area contributed by atoms with Crippen molar-refractivity contribution in [2.45, 2.75) is 26.7 Å². The highest BCUT2D eigenvalue weighted by Gasteiger charge is 2.25. The van der Waals surface area contributed by atoms with E-state index in [1.54, 1.807) is 18.2 Å². The molecule has 0 spiro atoms. The normalized spacial score (nSPS) is 16.6. The number of carbonyl (C=O) groups excluding carboxylic acids is 2. The number of nitrogens with one attached hydrogen (secondary N) is 2. The van der Waals surface area contributed by atoms with Crippen molar-refractivity contribution in [3.63, 3.8) is 0 Å². The van der Waals surface area contributed by atoms with Gasteiger partial charge in [-0.05, 0) is 43.0 Å². The quantitative estimate of drug-likeness (QED) is 0.876. The summed E-state index contributed by atoms with van der Waals surface area (Å²) in [6.45, 7) is 3.79. The van der Waals surface area contributed by atoms with Crippen molar-refractivity contribution in [3.05, 3.63) is 62.0 Å². The fourth-order valence-electron chi connectivity index (χ4n) is 2.91. The minimum atomic E-state index is -0.559. The Bertz CT molecular complexity index is 902. The standard InChI is InChI=1S/C18H17ClN2O3/c1-9-5-15-12(16(22)6-9)8-13(18(24)21-15)17(23)20-14-7-11(19)4-3-10(14)2/h3-4,7-9H,5-6H2,1-2H3,(H,20,23)(H,21,24). The summed E-state index contributed by atoms with van der Waals surface area (Å²) < 4.78 is 0. The SMILES string of the molecule is Cc1ccc(Cl)cc1NC(=O)c1cc2c([nH]c1=O)CC(C)CC2=O. The molecule has 1 amide bonds. The van der Waals surface area contributed by atoms with Crippen LogP contribution in [0.2, 0.25) is 5.02 Å². The number of ketones is 1. The first kappa shape index (κ1) is 16.5. The Morgan fingerprint density at radius 3 is 2.75 bits per heavy atom. The van der Waals surface area contributed by atoms with Crippen LogP contribution in [0.25, 0.3) is 0 Å². The maximum atomic E-state index is 12.5. The molecule has 2 N–H and O–H groups in total. The molecule has 1 aliphatic carbocycles. The van der Waals surface area contributed by atoms with Gasteiger partial charge in [-0.1, -0.05) is 24.6 Å². The van der Waals surface area contributed by atoms with Gasteiger partial charge in [-0.15, -0.1) is 0 Å². The van der Waals surface area contributed by atoms with Gasteiger partial charge >= 0.3 is 0 Å². The summed E-state index contributed by atoms with van der Waals surface area (Å²) in [5.74, 6) is -0.418. The van der Waals surface area contributed by atoms with Gasteiger partial charge in [-0.25, -0.2) is 0 Å². The molecule has 1 unspecified atom stereocenters. The number of aryl methyl sites for hydroxylation is 1. The molecule has 6 heteroatoms. The van der Waals surface area contributed by atoms with E-state index < -0.39 is 11.5 Å². The van der Waals surface area contributed by atoms with Crippen molar-refractivity contribution < 1.29 is 9.59 Å². The maximum absolute atomic E-state index is 12.5. The summed E-state index contributed by atoms with van der Waals surface area (Å²) in [4.78, 5) is 39.6. The molecule has 1 aromatic carbocycles. The molecule has 124 valence electrons. The second-order valence-electron chi connectivity index (χ2n) is 6.25. The van der Waals surface area contributed by atoms with E-state index in [0.717, 1.165) is 5.56 Å². The zero-order chi connectivity index (χ0) is 17.4. The van der Waals surface area contributed by atoms with Gasteiger partial charge in [0.05, 0.1) is 0 Å². The maximum Gasteiger partial charge on any atom is 0.261 e. The van der Waals surface area contributed by atoms with Gasteiger partial charge in [0, 0.05) is 28.4 Å². The van der Waals surface area contributed by atoms with E-state index in [4.69, 9.17) is 11.6 Å². The highest BCUT2D eigenvalue weighted by Crippen LogP contribution is 2.24. The summed E-state index contributed by atoms with van der Waals surface area (Å²) in [7, 11) is 0. The smallest absolute Gasteiger partial charge is 0.261 e. The number of fused-ring (bicyclic) bond motifs is 1. The van der Waals surface area contributed by atoms with Crippen LogP contribution in [-0.4, -0.2) is 16.7 Å². The third-order valence-corrected chi connectivity index (χ3v) is 4.44. The van der Waals surface area contributed by atoms with Gasteiger partial charge < -0.3 is 10.3 Å². The molecule has 1 aliphatic rings. The number of carbonyl (C=O) groups is 2. The number of hydrogen-bond acceptors (Lipinski definition) is 3. The number of H-pyrrole nitrogens is 1. The Kier molecular flexibility index (Phi) is 4.28.